The number of carbonyl (C=O) groups is 2. The van der Waals surface area contributed by atoms with E-state index < -0.39 is 11.4 Å². The van der Waals surface area contributed by atoms with Gasteiger partial charge in [0.05, 0.1) is 5.41 Å². The maximum atomic E-state index is 11.7. The van der Waals surface area contributed by atoms with Gasteiger partial charge in [-0.25, -0.2) is 0 Å². The first-order valence-electron chi connectivity index (χ1n) is 6.70. The highest BCUT2D eigenvalue weighted by Gasteiger charge is 2.26. The number of aliphatic carboxylic acids is 1. The van der Waals surface area contributed by atoms with Crippen molar-refractivity contribution in [3.63, 3.8) is 0 Å². The van der Waals surface area contributed by atoms with Crippen LogP contribution >= 0.6 is 27.7 Å². The van der Waals surface area contributed by atoms with Gasteiger partial charge in [0.15, 0.2) is 0 Å². The van der Waals surface area contributed by atoms with Crippen molar-refractivity contribution >= 4 is 39.6 Å². The molecule has 0 radical (unpaired) electrons. The van der Waals surface area contributed by atoms with Gasteiger partial charge in [0.25, 0.3) is 0 Å². The molecular weight excluding hydrogens is 354 g/mol. The summed E-state index contributed by atoms with van der Waals surface area (Å²) in [4.78, 5) is 23.7. The van der Waals surface area contributed by atoms with Gasteiger partial charge in [-0.1, -0.05) is 12.1 Å². The minimum Gasteiger partial charge on any atom is -0.481 e. The van der Waals surface area contributed by atoms with Crippen LogP contribution in [0.5, 0.6) is 0 Å². The van der Waals surface area contributed by atoms with Crippen LogP contribution in [0.1, 0.15) is 26.7 Å². The second kappa shape index (κ2) is 8.44. The summed E-state index contributed by atoms with van der Waals surface area (Å²) in [7, 11) is 0. The van der Waals surface area contributed by atoms with E-state index in [0.29, 0.717) is 25.1 Å². The Bertz CT molecular complexity index is 505. The lowest BCUT2D eigenvalue weighted by molar-refractivity contribution is -0.147. The normalized spacial score (nSPS) is 11.2. The van der Waals surface area contributed by atoms with Gasteiger partial charge in [-0.2, -0.15) is 0 Å². The highest BCUT2D eigenvalue weighted by Crippen LogP contribution is 2.27. The molecule has 21 heavy (non-hydrogen) atoms. The van der Waals surface area contributed by atoms with Gasteiger partial charge in [0.1, 0.15) is 0 Å². The number of amides is 1. The van der Waals surface area contributed by atoms with E-state index in [0.717, 1.165) is 9.37 Å². The Balaban J connectivity index is 2.23. The van der Waals surface area contributed by atoms with Crippen molar-refractivity contribution in [3.05, 3.63) is 28.7 Å². The second-order valence-corrected chi connectivity index (χ2v) is 7.31. The van der Waals surface area contributed by atoms with Gasteiger partial charge in [-0.05, 0) is 48.3 Å². The molecule has 1 rings (SSSR count). The summed E-state index contributed by atoms with van der Waals surface area (Å²) in [5.41, 5.74) is -0.809. The van der Waals surface area contributed by atoms with Crippen molar-refractivity contribution < 1.29 is 14.7 Å². The fourth-order valence-corrected chi connectivity index (χ4v) is 3.04. The molecule has 0 atom stereocenters. The summed E-state index contributed by atoms with van der Waals surface area (Å²) in [6.07, 6.45) is 0.838. The van der Waals surface area contributed by atoms with Crippen LogP contribution in [-0.2, 0) is 9.59 Å². The molecule has 1 amide bonds. The van der Waals surface area contributed by atoms with Crippen LogP contribution < -0.4 is 5.32 Å². The summed E-state index contributed by atoms with van der Waals surface area (Å²) in [6.45, 7) is 3.70. The quantitative estimate of drug-likeness (QED) is 0.683. The minimum absolute atomic E-state index is 0.0456. The number of carboxylic acid groups (broad SMARTS) is 1. The van der Waals surface area contributed by atoms with Crippen LogP contribution in [0.4, 0.5) is 0 Å². The third kappa shape index (κ3) is 6.52. The fraction of sp³-hybridized carbons (Fsp3) is 0.467. The Kier molecular flexibility index (Phi) is 7.25. The first-order valence-corrected chi connectivity index (χ1v) is 8.48. The van der Waals surface area contributed by atoms with Crippen molar-refractivity contribution in [2.75, 3.05) is 12.3 Å². The van der Waals surface area contributed by atoms with Gasteiger partial charge < -0.3 is 10.4 Å². The number of thioether (sulfide) groups is 1. The van der Waals surface area contributed by atoms with E-state index in [1.54, 1.807) is 25.6 Å². The second-order valence-electron chi connectivity index (χ2n) is 5.32. The molecule has 116 valence electrons. The lowest BCUT2D eigenvalue weighted by atomic mass is 9.90. The van der Waals surface area contributed by atoms with Crippen LogP contribution in [0.25, 0.3) is 0 Å². The summed E-state index contributed by atoms with van der Waals surface area (Å²) in [5.74, 6) is -0.200. The highest BCUT2D eigenvalue weighted by molar-refractivity contribution is 9.10. The summed E-state index contributed by atoms with van der Waals surface area (Å²) >= 11 is 5.08. The fourth-order valence-electron chi connectivity index (χ4n) is 1.53. The molecule has 0 saturated carbocycles. The Morgan fingerprint density at radius 1 is 1.33 bits per heavy atom. The number of hydrogen-bond acceptors (Lipinski definition) is 3. The molecule has 0 aromatic heterocycles. The molecule has 0 bridgehead atoms. The topological polar surface area (TPSA) is 66.4 Å². The Labute approximate surface area is 137 Å². The molecule has 0 aliphatic rings. The maximum absolute atomic E-state index is 11.7. The van der Waals surface area contributed by atoms with Crippen LogP contribution in [0.2, 0.25) is 0 Å². The predicted octanol–water partition coefficient (Wildman–Crippen LogP) is 3.55. The smallest absolute Gasteiger partial charge is 0.309 e. The third-order valence-corrected chi connectivity index (χ3v) is 5.10. The van der Waals surface area contributed by atoms with E-state index in [4.69, 9.17) is 5.11 Å². The molecule has 4 nitrogen and oxygen atoms in total. The minimum atomic E-state index is -0.846. The number of halogens is 1. The molecule has 0 fully saturated rings. The molecule has 0 aliphatic heterocycles. The van der Waals surface area contributed by atoms with E-state index in [9.17, 15) is 9.59 Å². The van der Waals surface area contributed by atoms with Crippen LogP contribution in [-0.4, -0.2) is 29.3 Å². The molecule has 0 saturated heterocycles. The number of carbonyl (C=O) groups excluding carboxylic acids is 1. The lowest BCUT2D eigenvalue weighted by Gasteiger charge is -2.18. The third-order valence-electron chi connectivity index (χ3n) is 3.07. The summed E-state index contributed by atoms with van der Waals surface area (Å²) in [6, 6.07) is 7.88. The van der Waals surface area contributed by atoms with Gasteiger partial charge in [-0.15, -0.1) is 11.8 Å². The number of carboxylic acids is 1. The zero-order chi connectivity index (χ0) is 15.9. The van der Waals surface area contributed by atoms with Gasteiger partial charge in [0, 0.05) is 28.1 Å². The average Bonchev–Trinajstić information content (AvgIpc) is 2.40. The average molecular weight is 374 g/mol. The van der Waals surface area contributed by atoms with Crippen molar-refractivity contribution in [1.29, 1.82) is 0 Å². The van der Waals surface area contributed by atoms with Crippen LogP contribution in [0.3, 0.4) is 0 Å². The van der Waals surface area contributed by atoms with Crippen LogP contribution in [0, 0.1) is 5.41 Å². The SMILES string of the molecule is CC(C)(CCNC(=O)CCSc1ccccc1Br)C(=O)O. The molecular formula is C15H20BrNO3S. The maximum Gasteiger partial charge on any atom is 0.309 e. The number of rotatable bonds is 8. The monoisotopic (exact) mass is 373 g/mol. The van der Waals surface area contributed by atoms with E-state index >= 15 is 0 Å². The first kappa shape index (κ1) is 18.0. The van der Waals surface area contributed by atoms with Gasteiger partial charge in [-0.3, -0.25) is 9.59 Å². The highest BCUT2D eigenvalue weighted by atomic mass is 79.9. The largest absolute Gasteiger partial charge is 0.481 e. The molecule has 2 N–H and O–H groups in total. The molecule has 1 aromatic rings. The van der Waals surface area contributed by atoms with E-state index in [2.05, 4.69) is 21.2 Å². The Hall–Kier alpha value is -1.01. The molecule has 0 spiro atoms. The summed E-state index contributed by atoms with van der Waals surface area (Å²) < 4.78 is 1.03. The molecule has 1 aromatic carbocycles. The van der Waals surface area contributed by atoms with Crippen molar-refractivity contribution in [2.45, 2.75) is 31.6 Å². The van der Waals surface area contributed by atoms with E-state index in [1.165, 1.54) is 0 Å². The first-order chi connectivity index (χ1) is 9.83. The predicted molar refractivity (Wildman–Crippen MR) is 88.5 cm³/mol. The standard InChI is InChI=1S/C15H20BrNO3S/c1-15(2,14(19)20)8-9-17-13(18)7-10-21-12-6-4-3-5-11(12)16/h3-6H,7-10H2,1-2H3,(H,17,18)(H,19,20). The molecule has 0 unspecified atom stereocenters. The van der Waals surface area contributed by atoms with E-state index in [1.807, 2.05) is 24.3 Å². The summed E-state index contributed by atoms with van der Waals surface area (Å²) in [5, 5.41) is 11.7. The van der Waals surface area contributed by atoms with Gasteiger partial charge in [0.2, 0.25) is 5.91 Å². The van der Waals surface area contributed by atoms with E-state index in [-0.39, 0.29) is 5.91 Å². The Morgan fingerprint density at radius 3 is 2.62 bits per heavy atom. The number of benzene rings is 1. The zero-order valence-electron chi connectivity index (χ0n) is 12.2. The van der Waals surface area contributed by atoms with Crippen molar-refractivity contribution in [3.8, 4) is 0 Å². The number of nitrogens with one attached hydrogen (secondary N) is 1. The molecule has 6 heteroatoms. The Morgan fingerprint density at radius 2 is 2.00 bits per heavy atom. The zero-order valence-corrected chi connectivity index (χ0v) is 14.6. The van der Waals surface area contributed by atoms with Crippen molar-refractivity contribution in [1.82, 2.24) is 5.32 Å². The van der Waals surface area contributed by atoms with Crippen LogP contribution in [0.15, 0.2) is 33.6 Å². The number of hydrogen-bond donors (Lipinski definition) is 2. The van der Waals surface area contributed by atoms with Gasteiger partial charge >= 0.3 is 5.97 Å². The van der Waals surface area contributed by atoms with Crippen molar-refractivity contribution in [2.24, 2.45) is 5.41 Å². The molecule has 0 aliphatic carbocycles. The lowest BCUT2D eigenvalue weighted by Crippen LogP contribution is -2.32. The molecule has 0 heterocycles.